The summed E-state index contributed by atoms with van der Waals surface area (Å²) in [6.45, 7) is 4.53. The van der Waals surface area contributed by atoms with Gasteiger partial charge < -0.3 is 4.90 Å². The number of benzene rings is 1. The van der Waals surface area contributed by atoms with Gasteiger partial charge in [0.2, 0.25) is 0 Å². The van der Waals surface area contributed by atoms with E-state index in [4.69, 9.17) is 23.2 Å². The molecule has 4 heteroatoms. The number of amides is 1. The van der Waals surface area contributed by atoms with Crippen LogP contribution in [0.3, 0.4) is 0 Å². The van der Waals surface area contributed by atoms with Gasteiger partial charge in [-0.3, -0.25) is 4.79 Å². The highest BCUT2D eigenvalue weighted by molar-refractivity contribution is 6.62. The third kappa shape index (κ3) is 3.69. The van der Waals surface area contributed by atoms with Crippen LogP contribution in [0.1, 0.15) is 25.8 Å². The Balaban J connectivity index is 2.75. The number of rotatable bonds is 4. The van der Waals surface area contributed by atoms with E-state index in [0.717, 1.165) is 12.0 Å². The summed E-state index contributed by atoms with van der Waals surface area (Å²) in [6.07, 6.45) is 0.881. The van der Waals surface area contributed by atoms with Gasteiger partial charge in [0.1, 0.15) is 0 Å². The highest BCUT2D eigenvalue weighted by Gasteiger charge is 2.16. The molecule has 1 aromatic rings. The van der Waals surface area contributed by atoms with E-state index in [-0.39, 0.29) is 6.04 Å². The first-order chi connectivity index (χ1) is 7.54. The summed E-state index contributed by atoms with van der Waals surface area (Å²) < 4.78 is 0. The molecule has 0 saturated heterocycles. The third-order valence-electron chi connectivity index (χ3n) is 2.61. The van der Waals surface area contributed by atoms with E-state index < -0.39 is 5.37 Å². The summed E-state index contributed by atoms with van der Waals surface area (Å²) in [7, 11) is 0. The van der Waals surface area contributed by atoms with Crippen LogP contribution in [0.2, 0.25) is 5.02 Å². The molecule has 16 heavy (non-hydrogen) atoms. The highest BCUT2D eigenvalue weighted by Crippen LogP contribution is 2.15. The zero-order valence-corrected chi connectivity index (χ0v) is 10.9. The maximum atomic E-state index is 11.3. The maximum Gasteiger partial charge on any atom is 0.316 e. The van der Waals surface area contributed by atoms with E-state index >= 15 is 0 Å². The van der Waals surface area contributed by atoms with E-state index in [9.17, 15) is 4.79 Å². The predicted octanol–water partition coefficient (Wildman–Crippen LogP) is 4.30. The number of nitrogens with zero attached hydrogens (tertiary/aromatic N) is 1. The minimum atomic E-state index is -0.413. The molecule has 0 aliphatic rings. The van der Waals surface area contributed by atoms with Gasteiger partial charge in [-0.2, -0.15) is 0 Å². The number of carbonyl (C=O) groups excluding carboxylic acids is 1. The van der Waals surface area contributed by atoms with Crippen molar-refractivity contribution in [2.24, 2.45) is 0 Å². The lowest BCUT2D eigenvalue weighted by molar-refractivity contribution is 0.197. The summed E-state index contributed by atoms with van der Waals surface area (Å²) in [5, 5.41) is 0.278. The Kier molecular flexibility index (Phi) is 5.10. The molecule has 1 atom stereocenters. The molecule has 0 aromatic heterocycles. The lowest BCUT2D eigenvalue weighted by Gasteiger charge is -2.26. The number of hydrogen-bond donors (Lipinski definition) is 0. The van der Waals surface area contributed by atoms with Crippen LogP contribution in [0, 0.1) is 0 Å². The van der Waals surface area contributed by atoms with E-state index in [1.54, 1.807) is 4.90 Å². The molecule has 0 bridgehead atoms. The van der Waals surface area contributed by atoms with E-state index in [1.807, 2.05) is 38.1 Å². The molecule has 0 saturated carbocycles. The van der Waals surface area contributed by atoms with Crippen LogP contribution in [0.5, 0.6) is 0 Å². The monoisotopic (exact) mass is 259 g/mol. The van der Waals surface area contributed by atoms with Crippen LogP contribution in [0.4, 0.5) is 4.79 Å². The van der Waals surface area contributed by atoms with Crippen molar-refractivity contribution in [3.8, 4) is 0 Å². The molecule has 88 valence electrons. The average Bonchev–Trinajstić information content (AvgIpc) is 2.27. The second kappa shape index (κ2) is 6.12. The van der Waals surface area contributed by atoms with Gasteiger partial charge in [0, 0.05) is 17.6 Å². The molecule has 0 aliphatic carbocycles. The van der Waals surface area contributed by atoms with Gasteiger partial charge in [0.25, 0.3) is 0 Å². The topological polar surface area (TPSA) is 20.3 Å². The second-order valence-electron chi connectivity index (χ2n) is 3.76. The summed E-state index contributed by atoms with van der Waals surface area (Å²) in [5.74, 6) is 0. The first-order valence-electron chi connectivity index (χ1n) is 5.25. The molecule has 0 fully saturated rings. The standard InChI is InChI=1S/C12H15Cl2NO/c1-3-9(2)15(12(14)16)8-10-4-6-11(13)7-5-10/h4-7,9H,3,8H2,1-2H3. The molecule has 2 nitrogen and oxygen atoms in total. The molecule has 0 radical (unpaired) electrons. The fourth-order valence-electron chi connectivity index (χ4n) is 1.40. The fraction of sp³-hybridized carbons (Fsp3) is 0.417. The summed E-state index contributed by atoms with van der Waals surface area (Å²) in [6, 6.07) is 7.56. The van der Waals surface area contributed by atoms with Crippen LogP contribution in [0.25, 0.3) is 0 Å². The smallest absolute Gasteiger partial charge is 0.316 e. The van der Waals surface area contributed by atoms with Crippen LogP contribution in [-0.2, 0) is 6.54 Å². The summed E-state index contributed by atoms with van der Waals surface area (Å²) in [4.78, 5) is 12.9. The van der Waals surface area contributed by atoms with E-state index in [1.165, 1.54) is 0 Å². The second-order valence-corrected chi connectivity index (χ2v) is 4.52. The van der Waals surface area contributed by atoms with Crippen molar-refractivity contribution in [3.63, 3.8) is 0 Å². The van der Waals surface area contributed by atoms with E-state index in [0.29, 0.717) is 11.6 Å². The molecule has 0 spiro atoms. The molecule has 1 aromatic carbocycles. The Bertz CT molecular complexity index is 351. The number of halogens is 2. The van der Waals surface area contributed by atoms with Gasteiger partial charge in [0.05, 0.1) is 0 Å². The Morgan fingerprint density at radius 3 is 2.38 bits per heavy atom. The third-order valence-corrected chi connectivity index (χ3v) is 3.08. The van der Waals surface area contributed by atoms with Gasteiger partial charge in [0.15, 0.2) is 0 Å². The predicted molar refractivity (Wildman–Crippen MR) is 68.0 cm³/mol. The van der Waals surface area contributed by atoms with Crippen LogP contribution in [0.15, 0.2) is 24.3 Å². The zero-order chi connectivity index (χ0) is 12.1. The Labute approximate surface area is 106 Å². The summed E-state index contributed by atoms with van der Waals surface area (Å²) >= 11 is 11.4. The maximum absolute atomic E-state index is 11.3. The molecule has 1 amide bonds. The Morgan fingerprint density at radius 1 is 1.38 bits per heavy atom. The number of carbonyl (C=O) groups is 1. The Morgan fingerprint density at radius 2 is 1.94 bits per heavy atom. The lowest BCUT2D eigenvalue weighted by atomic mass is 10.1. The largest absolute Gasteiger partial charge is 0.322 e. The first-order valence-corrected chi connectivity index (χ1v) is 6.00. The molecular formula is C12H15Cl2NO. The van der Waals surface area contributed by atoms with Crippen molar-refractivity contribution < 1.29 is 4.79 Å². The van der Waals surface area contributed by atoms with Crippen molar-refractivity contribution >= 4 is 28.6 Å². The first kappa shape index (κ1) is 13.3. The van der Waals surface area contributed by atoms with E-state index in [2.05, 4.69) is 0 Å². The van der Waals surface area contributed by atoms with Crippen molar-refractivity contribution in [1.82, 2.24) is 4.90 Å². The quantitative estimate of drug-likeness (QED) is 0.583. The molecule has 0 aliphatic heterocycles. The van der Waals surface area contributed by atoms with Crippen molar-refractivity contribution in [1.29, 1.82) is 0 Å². The molecule has 1 unspecified atom stereocenters. The van der Waals surface area contributed by atoms with Gasteiger partial charge in [-0.05, 0) is 42.6 Å². The molecule has 0 N–H and O–H groups in total. The van der Waals surface area contributed by atoms with Crippen molar-refractivity contribution in [2.45, 2.75) is 32.9 Å². The van der Waals surface area contributed by atoms with Crippen molar-refractivity contribution in [2.75, 3.05) is 0 Å². The number of hydrogen-bond acceptors (Lipinski definition) is 1. The van der Waals surface area contributed by atoms with Gasteiger partial charge >= 0.3 is 5.37 Å². The van der Waals surface area contributed by atoms with Crippen LogP contribution >= 0.6 is 23.2 Å². The fourth-order valence-corrected chi connectivity index (χ4v) is 1.75. The van der Waals surface area contributed by atoms with Crippen LogP contribution in [-0.4, -0.2) is 16.3 Å². The normalized spacial score (nSPS) is 12.2. The summed E-state index contributed by atoms with van der Waals surface area (Å²) in [5.41, 5.74) is 1.03. The zero-order valence-electron chi connectivity index (χ0n) is 9.41. The van der Waals surface area contributed by atoms with Gasteiger partial charge in [-0.1, -0.05) is 30.7 Å². The molecule has 0 heterocycles. The Hall–Kier alpha value is -0.730. The minimum absolute atomic E-state index is 0.140. The average molecular weight is 260 g/mol. The van der Waals surface area contributed by atoms with Crippen LogP contribution < -0.4 is 0 Å². The van der Waals surface area contributed by atoms with Gasteiger partial charge in [-0.25, -0.2) is 0 Å². The lowest BCUT2D eigenvalue weighted by Crippen LogP contribution is -2.34. The minimum Gasteiger partial charge on any atom is -0.322 e. The molecular weight excluding hydrogens is 245 g/mol. The SMILES string of the molecule is CCC(C)N(Cc1ccc(Cl)cc1)C(=O)Cl. The highest BCUT2D eigenvalue weighted by atomic mass is 35.5. The van der Waals surface area contributed by atoms with Crippen molar-refractivity contribution in [3.05, 3.63) is 34.9 Å². The van der Waals surface area contributed by atoms with Gasteiger partial charge in [-0.15, -0.1) is 0 Å². The molecule has 1 rings (SSSR count).